The molecule has 0 atom stereocenters. The fourth-order valence-electron chi connectivity index (χ4n) is 2.95. The molecule has 0 spiro atoms. The van der Waals surface area contributed by atoms with Crippen LogP contribution in [-0.4, -0.2) is 50.1 Å². The van der Waals surface area contributed by atoms with Crippen molar-refractivity contribution in [2.45, 2.75) is 12.8 Å². The summed E-state index contributed by atoms with van der Waals surface area (Å²) in [6.45, 7) is 0.677. The number of sulfonamides is 1. The van der Waals surface area contributed by atoms with E-state index in [1.165, 1.54) is 41.1 Å². The summed E-state index contributed by atoms with van der Waals surface area (Å²) >= 11 is 1.25. The number of carbonyl (C=O) groups is 1. The van der Waals surface area contributed by atoms with Crippen molar-refractivity contribution < 1.29 is 22.3 Å². The molecule has 0 bridgehead atoms. The van der Waals surface area contributed by atoms with Crippen molar-refractivity contribution in [3.05, 3.63) is 29.4 Å². The zero-order valence-electron chi connectivity index (χ0n) is 14.9. The predicted octanol–water partition coefficient (Wildman–Crippen LogP) is 2.57. The van der Waals surface area contributed by atoms with Gasteiger partial charge in [-0.05, 0) is 31.0 Å². The molecule has 7 nitrogen and oxygen atoms in total. The Hall–Kier alpha value is -2.04. The van der Waals surface area contributed by atoms with E-state index < -0.39 is 15.8 Å². The van der Waals surface area contributed by atoms with Crippen molar-refractivity contribution in [2.24, 2.45) is 5.92 Å². The van der Waals surface area contributed by atoms with Crippen LogP contribution in [0.25, 0.3) is 11.3 Å². The zero-order chi connectivity index (χ0) is 19.6. The van der Waals surface area contributed by atoms with Crippen LogP contribution in [0.15, 0.2) is 23.6 Å². The number of amides is 1. The van der Waals surface area contributed by atoms with E-state index in [0.717, 1.165) is 0 Å². The zero-order valence-corrected chi connectivity index (χ0v) is 16.6. The second-order valence-corrected chi connectivity index (χ2v) is 9.15. The third-order valence-electron chi connectivity index (χ3n) is 4.48. The molecule has 146 valence electrons. The Morgan fingerprint density at radius 2 is 2.07 bits per heavy atom. The second kappa shape index (κ2) is 7.91. The Bertz CT molecular complexity index is 937. The van der Waals surface area contributed by atoms with Gasteiger partial charge in [0.15, 0.2) is 16.7 Å². The topological polar surface area (TPSA) is 88.6 Å². The fraction of sp³-hybridized carbons (Fsp3) is 0.412. The van der Waals surface area contributed by atoms with Crippen LogP contribution >= 0.6 is 11.3 Å². The molecule has 3 rings (SSSR count). The number of ether oxygens (including phenoxy) is 1. The van der Waals surface area contributed by atoms with Gasteiger partial charge in [0.05, 0.1) is 19.1 Å². The minimum atomic E-state index is -3.22. The molecule has 27 heavy (non-hydrogen) atoms. The molecule has 0 radical (unpaired) electrons. The van der Waals surface area contributed by atoms with E-state index in [4.69, 9.17) is 4.74 Å². The van der Waals surface area contributed by atoms with Gasteiger partial charge in [-0.3, -0.25) is 4.79 Å². The number of nitrogens with zero attached hydrogens (tertiary/aromatic N) is 2. The summed E-state index contributed by atoms with van der Waals surface area (Å²) in [5.41, 5.74) is 1.15. The van der Waals surface area contributed by atoms with Gasteiger partial charge in [-0.15, -0.1) is 11.3 Å². The first-order chi connectivity index (χ1) is 12.8. The first-order valence-electron chi connectivity index (χ1n) is 8.33. The van der Waals surface area contributed by atoms with Crippen molar-refractivity contribution >= 4 is 32.4 Å². The van der Waals surface area contributed by atoms with Crippen LogP contribution in [0.3, 0.4) is 0 Å². The Balaban J connectivity index is 1.63. The molecule has 1 aromatic heterocycles. The smallest absolute Gasteiger partial charge is 0.229 e. The summed E-state index contributed by atoms with van der Waals surface area (Å²) in [4.78, 5) is 16.8. The van der Waals surface area contributed by atoms with Crippen LogP contribution in [0.1, 0.15) is 12.8 Å². The average Bonchev–Trinajstić information content (AvgIpc) is 3.09. The number of benzene rings is 1. The lowest BCUT2D eigenvalue weighted by molar-refractivity contribution is -0.120. The molecule has 1 N–H and O–H groups in total. The van der Waals surface area contributed by atoms with Crippen molar-refractivity contribution in [3.63, 3.8) is 0 Å². The minimum absolute atomic E-state index is 0.156. The molecule has 10 heteroatoms. The number of carbonyl (C=O) groups excluding carboxylic acids is 1. The summed E-state index contributed by atoms with van der Waals surface area (Å²) in [5.74, 6) is -0.757. The molecule has 1 aliphatic heterocycles. The van der Waals surface area contributed by atoms with Crippen molar-refractivity contribution in [2.75, 3.05) is 31.8 Å². The molecule has 1 fully saturated rings. The first kappa shape index (κ1) is 19.7. The third kappa shape index (κ3) is 4.63. The Morgan fingerprint density at radius 1 is 1.37 bits per heavy atom. The summed E-state index contributed by atoms with van der Waals surface area (Å²) < 4.78 is 43.2. The van der Waals surface area contributed by atoms with Crippen LogP contribution in [0.2, 0.25) is 0 Å². The van der Waals surface area contributed by atoms with Gasteiger partial charge in [-0.1, -0.05) is 0 Å². The molecule has 2 aromatic rings. The van der Waals surface area contributed by atoms with Crippen molar-refractivity contribution in [1.82, 2.24) is 9.29 Å². The Kier molecular flexibility index (Phi) is 5.78. The number of rotatable bonds is 5. The molecule has 0 unspecified atom stereocenters. The maximum absolute atomic E-state index is 13.8. The molecule has 0 aliphatic carbocycles. The van der Waals surface area contributed by atoms with Crippen molar-refractivity contribution in [3.8, 4) is 17.0 Å². The lowest BCUT2D eigenvalue weighted by Crippen LogP contribution is -2.40. The summed E-state index contributed by atoms with van der Waals surface area (Å²) in [6, 6.07) is 4.56. The number of aromatic nitrogens is 1. The number of halogens is 1. The molecule has 1 aromatic carbocycles. The normalized spacial score (nSPS) is 16.3. The van der Waals surface area contributed by atoms with Gasteiger partial charge < -0.3 is 10.1 Å². The first-order valence-corrected chi connectivity index (χ1v) is 11.1. The number of nitrogens with one attached hydrogen (secondary N) is 1. The van der Waals surface area contributed by atoms with E-state index >= 15 is 0 Å². The SMILES string of the molecule is COc1ccc(-c2csc(NC(=O)C3CCN(S(C)(=O)=O)CC3)n2)cc1F. The number of anilines is 1. The molecule has 1 saturated heterocycles. The van der Waals surface area contributed by atoms with Crippen LogP contribution in [-0.2, 0) is 14.8 Å². The highest BCUT2D eigenvalue weighted by molar-refractivity contribution is 7.88. The molecule has 0 saturated carbocycles. The van der Waals surface area contributed by atoms with Crippen molar-refractivity contribution in [1.29, 1.82) is 0 Å². The van der Waals surface area contributed by atoms with E-state index in [2.05, 4.69) is 10.3 Å². The van der Waals surface area contributed by atoms with E-state index in [0.29, 0.717) is 42.3 Å². The van der Waals surface area contributed by atoms with Crippen LogP contribution in [0, 0.1) is 11.7 Å². The van der Waals surface area contributed by atoms with Gasteiger partial charge in [0.1, 0.15) is 0 Å². The Morgan fingerprint density at radius 3 is 2.67 bits per heavy atom. The summed E-state index contributed by atoms with van der Waals surface area (Å²) in [5, 5.41) is 4.94. The van der Waals surface area contributed by atoms with Crippen LogP contribution in [0.5, 0.6) is 5.75 Å². The molecule has 1 amide bonds. The third-order valence-corrected chi connectivity index (χ3v) is 6.54. The van der Waals surface area contributed by atoms with Gasteiger partial charge in [-0.2, -0.15) is 0 Å². The predicted molar refractivity (Wildman–Crippen MR) is 102 cm³/mol. The van der Waals surface area contributed by atoms with Gasteiger partial charge in [-0.25, -0.2) is 22.1 Å². The van der Waals surface area contributed by atoms with Gasteiger partial charge in [0.25, 0.3) is 0 Å². The monoisotopic (exact) mass is 413 g/mol. The van der Waals surface area contributed by atoms with Crippen LogP contribution in [0.4, 0.5) is 9.52 Å². The number of methoxy groups -OCH3 is 1. The highest BCUT2D eigenvalue weighted by Gasteiger charge is 2.29. The molecular weight excluding hydrogens is 393 g/mol. The Labute approximate surface area is 161 Å². The standard InChI is InChI=1S/C17H20FN3O4S2/c1-25-15-4-3-12(9-13(15)18)14-10-26-17(19-14)20-16(22)11-5-7-21(8-6-11)27(2,23)24/h3-4,9-11H,5-8H2,1-2H3,(H,19,20,22). The lowest BCUT2D eigenvalue weighted by Gasteiger charge is -2.29. The number of thiazole rings is 1. The van der Waals surface area contributed by atoms with E-state index in [1.54, 1.807) is 11.4 Å². The molecular formula is C17H20FN3O4S2. The van der Waals surface area contributed by atoms with Crippen LogP contribution < -0.4 is 10.1 Å². The second-order valence-electron chi connectivity index (χ2n) is 6.31. The summed E-state index contributed by atoms with van der Waals surface area (Å²) in [7, 11) is -1.82. The average molecular weight is 413 g/mol. The number of hydrogen-bond donors (Lipinski definition) is 1. The summed E-state index contributed by atoms with van der Waals surface area (Å²) in [6.07, 6.45) is 2.12. The van der Waals surface area contributed by atoms with Gasteiger partial charge in [0.2, 0.25) is 15.9 Å². The maximum Gasteiger partial charge on any atom is 0.229 e. The van der Waals surface area contributed by atoms with E-state index in [-0.39, 0.29) is 17.6 Å². The maximum atomic E-state index is 13.8. The highest BCUT2D eigenvalue weighted by Crippen LogP contribution is 2.29. The van der Waals surface area contributed by atoms with Gasteiger partial charge >= 0.3 is 0 Å². The highest BCUT2D eigenvalue weighted by atomic mass is 32.2. The molecule has 2 heterocycles. The fourth-order valence-corrected chi connectivity index (χ4v) is 4.54. The quantitative estimate of drug-likeness (QED) is 0.814. The number of hydrogen-bond acceptors (Lipinski definition) is 6. The number of piperidine rings is 1. The lowest BCUT2D eigenvalue weighted by atomic mass is 9.97. The minimum Gasteiger partial charge on any atom is -0.494 e. The largest absolute Gasteiger partial charge is 0.494 e. The molecule has 1 aliphatic rings. The van der Waals surface area contributed by atoms with E-state index in [1.807, 2.05) is 0 Å². The van der Waals surface area contributed by atoms with E-state index in [9.17, 15) is 17.6 Å². The van der Waals surface area contributed by atoms with Gasteiger partial charge in [0, 0.05) is 30.0 Å².